The van der Waals surface area contributed by atoms with Gasteiger partial charge in [0.15, 0.2) is 0 Å². The molecule has 1 fully saturated rings. The first-order valence-electron chi connectivity index (χ1n) is 15.8. The van der Waals surface area contributed by atoms with Crippen molar-refractivity contribution in [1.29, 1.82) is 0 Å². The van der Waals surface area contributed by atoms with Crippen LogP contribution in [0, 0.1) is 11.8 Å². The van der Waals surface area contributed by atoms with Crippen molar-refractivity contribution in [2.45, 2.75) is 48.6 Å². The van der Waals surface area contributed by atoms with E-state index in [9.17, 15) is 26.4 Å². The fourth-order valence-corrected chi connectivity index (χ4v) is 8.06. The Hall–Kier alpha value is -4.36. The molecule has 1 aliphatic rings. The standard InChI is InChI=1S/C36H40N4O6S2/c1-39(25-27-9-5-3-6-10-27)47(43,44)33-21-17-31(18-22-33)37-35(41)29-13-15-30(16-14-29)36(42)38-32-19-23-34(24-20-32)48(45,46)40(2)26-28-11-7-4-8-12-28/h3-12,17-24,29-30H,13-16,25-26H2,1-2H3,(H,37,41)(H,38,42). The summed E-state index contributed by atoms with van der Waals surface area (Å²) in [7, 11) is -4.35. The minimum absolute atomic E-state index is 0.136. The third-order valence-corrected chi connectivity index (χ3v) is 12.3. The van der Waals surface area contributed by atoms with Gasteiger partial charge >= 0.3 is 0 Å². The molecule has 0 aliphatic heterocycles. The Kier molecular flexibility index (Phi) is 11.1. The molecule has 0 radical (unpaired) electrons. The largest absolute Gasteiger partial charge is 0.326 e. The van der Waals surface area contributed by atoms with Crippen molar-refractivity contribution in [3.05, 3.63) is 120 Å². The Bertz CT molecular complexity index is 1770. The van der Waals surface area contributed by atoms with Crippen LogP contribution in [0.2, 0.25) is 0 Å². The molecular weight excluding hydrogens is 649 g/mol. The lowest BCUT2D eigenvalue weighted by Crippen LogP contribution is -2.32. The zero-order chi connectivity index (χ0) is 34.3. The molecule has 10 nitrogen and oxygen atoms in total. The number of amides is 2. The molecule has 12 heteroatoms. The fourth-order valence-electron chi connectivity index (χ4n) is 5.74. The summed E-state index contributed by atoms with van der Waals surface area (Å²) in [6.07, 6.45) is 2.13. The van der Waals surface area contributed by atoms with Gasteiger partial charge in [-0.15, -0.1) is 0 Å². The summed E-state index contributed by atoms with van der Waals surface area (Å²) in [5, 5.41) is 5.76. The Morgan fingerprint density at radius 2 is 0.854 bits per heavy atom. The lowest BCUT2D eigenvalue weighted by molar-refractivity contribution is -0.125. The summed E-state index contributed by atoms with van der Waals surface area (Å²) < 4.78 is 54.7. The van der Waals surface area contributed by atoms with E-state index in [1.807, 2.05) is 60.7 Å². The van der Waals surface area contributed by atoms with E-state index in [2.05, 4.69) is 10.6 Å². The highest BCUT2D eigenvalue weighted by Gasteiger charge is 2.30. The average Bonchev–Trinajstić information content (AvgIpc) is 3.09. The topological polar surface area (TPSA) is 133 Å². The SMILES string of the molecule is CN(Cc1ccccc1)S(=O)(=O)c1ccc(NC(=O)C2CCC(C(=O)Nc3ccc(S(=O)(=O)N(C)Cc4ccccc4)cc3)CC2)cc1. The van der Waals surface area contributed by atoms with Crippen molar-refractivity contribution in [1.82, 2.24) is 8.61 Å². The van der Waals surface area contributed by atoms with Crippen molar-refractivity contribution >= 4 is 43.2 Å². The van der Waals surface area contributed by atoms with Crippen LogP contribution in [0.5, 0.6) is 0 Å². The van der Waals surface area contributed by atoms with Gasteiger partial charge in [0.1, 0.15) is 0 Å². The summed E-state index contributed by atoms with van der Waals surface area (Å²) in [5.41, 5.74) is 2.76. The molecule has 0 saturated heterocycles. The maximum atomic E-state index is 13.0. The number of rotatable bonds is 12. The summed E-state index contributed by atoms with van der Waals surface area (Å²) in [4.78, 5) is 26.3. The molecule has 4 aromatic carbocycles. The molecule has 0 bridgehead atoms. The van der Waals surface area contributed by atoms with Crippen LogP contribution >= 0.6 is 0 Å². The van der Waals surface area contributed by atoms with Gasteiger partial charge in [-0.1, -0.05) is 60.7 Å². The number of carbonyl (C=O) groups excluding carboxylic acids is 2. The number of nitrogens with zero attached hydrogens (tertiary/aromatic N) is 2. The molecule has 0 heterocycles. The Morgan fingerprint density at radius 1 is 0.542 bits per heavy atom. The molecule has 48 heavy (non-hydrogen) atoms. The van der Waals surface area contributed by atoms with E-state index in [-0.39, 0.29) is 46.5 Å². The highest BCUT2D eigenvalue weighted by molar-refractivity contribution is 7.89. The van der Waals surface area contributed by atoms with E-state index < -0.39 is 20.0 Å². The van der Waals surface area contributed by atoms with Gasteiger partial charge < -0.3 is 10.6 Å². The molecule has 4 aromatic rings. The highest BCUT2D eigenvalue weighted by atomic mass is 32.2. The number of sulfonamides is 2. The Balaban J connectivity index is 1.09. The van der Waals surface area contributed by atoms with E-state index in [0.29, 0.717) is 37.1 Å². The second-order valence-electron chi connectivity index (χ2n) is 12.1. The fraction of sp³-hybridized carbons (Fsp3) is 0.278. The Morgan fingerprint density at radius 3 is 1.17 bits per heavy atom. The molecule has 2 amide bonds. The quantitative estimate of drug-likeness (QED) is 0.196. The van der Waals surface area contributed by atoms with Crippen LogP contribution in [-0.4, -0.2) is 51.4 Å². The molecule has 0 unspecified atom stereocenters. The summed E-state index contributed by atoms with van der Waals surface area (Å²) in [6, 6.07) is 30.9. The minimum atomic E-state index is -3.71. The monoisotopic (exact) mass is 688 g/mol. The van der Waals surface area contributed by atoms with E-state index in [4.69, 9.17) is 0 Å². The van der Waals surface area contributed by atoms with Crippen LogP contribution in [0.15, 0.2) is 119 Å². The molecule has 5 rings (SSSR count). The van der Waals surface area contributed by atoms with Crippen molar-refractivity contribution in [2.75, 3.05) is 24.7 Å². The number of hydrogen-bond donors (Lipinski definition) is 2. The van der Waals surface area contributed by atoms with E-state index in [1.165, 1.54) is 47.0 Å². The average molecular weight is 689 g/mol. The molecule has 2 N–H and O–H groups in total. The van der Waals surface area contributed by atoms with Crippen LogP contribution in [0.4, 0.5) is 11.4 Å². The number of benzene rings is 4. The summed E-state index contributed by atoms with van der Waals surface area (Å²) >= 11 is 0. The van der Waals surface area contributed by atoms with Gasteiger partial charge in [0, 0.05) is 50.4 Å². The predicted octanol–water partition coefficient (Wildman–Crippen LogP) is 5.71. The maximum absolute atomic E-state index is 13.0. The Labute approximate surface area is 282 Å². The second kappa shape index (κ2) is 15.2. The van der Waals surface area contributed by atoms with Gasteiger partial charge in [-0.25, -0.2) is 16.8 Å². The van der Waals surface area contributed by atoms with Crippen molar-refractivity contribution < 1.29 is 26.4 Å². The summed E-state index contributed by atoms with van der Waals surface area (Å²) in [6.45, 7) is 0.485. The smallest absolute Gasteiger partial charge is 0.243 e. The normalized spacial score (nSPS) is 16.8. The van der Waals surface area contributed by atoms with Gasteiger partial charge in [-0.05, 0) is 85.3 Å². The number of carbonyl (C=O) groups is 2. The van der Waals surface area contributed by atoms with Crippen LogP contribution in [0.1, 0.15) is 36.8 Å². The molecular formula is C36H40N4O6S2. The number of anilines is 2. The summed E-state index contributed by atoms with van der Waals surface area (Å²) in [5.74, 6) is -0.877. The first kappa shape index (κ1) is 35.0. The van der Waals surface area contributed by atoms with Gasteiger partial charge in [0.05, 0.1) is 9.79 Å². The molecule has 252 valence electrons. The highest BCUT2D eigenvalue weighted by Crippen LogP contribution is 2.31. The second-order valence-corrected chi connectivity index (χ2v) is 16.2. The third kappa shape index (κ3) is 8.56. The van der Waals surface area contributed by atoms with Gasteiger partial charge in [-0.2, -0.15) is 8.61 Å². The van der Waals surface area contributed by atoms with Crippen molar-refractivity contribution in [2.24, 2.45) is 11.8 Å². The number of hydrogen-bond acceptors (Lipinski definition) is 6. The van der Waals surface area contributed by atoms with E-state index in [1.54, 1.807) is 24.3 Å². The molecule has 1 aliphatic carbocycles. The minimum Gasteiger partial charge on any atom is -0.326 e. The lowest BCUT2D eigenvalue weighted by atomic mass is 9.81. The van der Waals surface area contributed by atoms with E-state index >= 15 is 0 Å². The lowest BCUT2D eigenvalue weighted by Gasteiger charge is -2.27. The molecule has 0 spiro atoms. The molecule has 0 atom stereocenters. The predicted molar refractivity (Wildman–Crippen MR) is 186 cm³/mol. The van der Waals surface area contributed by atoms with Crippen LogP contribution < -0.4 is 10.6 Å². The molecule has 1 saturated carbocycles. The molecule has 0 aromatic heterocycles. The van der Waals surface area contributed by atoms with Gasteiger partial charge in [-0.3, -0.25) is 9.59 Å². The van der Waals surface area contributed by atoms with Crippen LogP contribution in [0.25, 0.3) is 0 Å². The maximum Gasteiger partial charge on any atom is 0.243 e. The van der Waals surface area contributed by atoms with Crippen LogP contribution in [0.3, 0.4) is 0 Å². The zero-order valence-electron chi connectivity index (χ0n) is 27.0. The van der Waals surface area contributed by atoms with Crippen LogP contribution in [-0.2, 0) is 42.7 Å². The van der Waals surface area contributed by atoms with Gasteiger partial charge in [0.2, 0.25) is 31.9 Å². The van der Waals surface area contributed by atoms with E-state index in [0.717, 1.165) is 11.1 Å². The first-order chi connectivity index (χ1) is 22.9. The van der Waals surface area contributed by atoms with Crippen molar-refractivity contribution in [3.8, 4) is 0 Å². The number of nitrogens with one attached hydrogen (secondary N) is 2. The third-order valence-electron chi connectivity index (χ3n) is 8.62. The van der Waals surface area contributed by atoms with Crippen molar-refractivity contribution in [3.63, 3.8) is 0 Å². The zero-order valence-corrected chi connectivity index (χ0v) is 28.6. The first-order valence-corrected chi connectivity index (χ1v) is 18.6. The van der Waals surface area contributed by atoms with Gasteiger partial charge in [0.25, 0.3) is 0 Å².